The lowest BCUT2D eigenvalue weighted by Gasteiger charge is -2.10. The SMILES string of the molecule is O=C1C=C(O)C(=NNc2ccc(/C=C\c3ccc(N=Nc4ccc(O)cc4O)cc3)cc2)CC1. The fourth-order valence-corrected chi connectivity index (χ4v) is 3.14. The Balaban J connectivity index is 1.35. The molecule has 3 aromatic rings. The summed E-state index contributed by atoms with van der Waals surface area (Å²) in [6.07, 6.45) is 5.90. The van der Waals surface area contributed by atoms with Gasteiger partial charge < -0.3 is 15.3 Å². The summed E-state index contributed by atoms with van der Waals surface area (Å²) in [5, 5.41) is 41.2. The topological polar surface area (TPSA) is 127 Å². The fraction of sp³-hybridized carbons (Fsp3) is 0.0769. The number of hydrogen-bond acceptors (Lipinski definition) is 8. The zero-order valence-electron chi connectivity index (χ0n) is 18.1. The van der Waals surface area contributed by atoms with Crippen LogP contribution in [0.1, 0.15) is 24.0 Å². The minimum atomic E-state index is -0.141. The van der Waals surface area contributed by atoms with E-state index >= 15 is 0 Å². The molecule has 8 heteroatoms. The number of phenols is 2. The van der Waals surface area contributed by atoms with E-state index in [-0.39, 0.29) is 28.7 Å². The second-order valence-corrected chi connectivity index (χ2v) is 7.59. The quantitative estimate of drug-likeness (QED) is 0.199. The van der Waals surface area contributed by atoms with Crippen molar-refractivity contribution in [2.24, 2.45) is 15.3 Å². The minimum absolute atomic E-state index is 0.0385. The van der Waals surface area contributed by atoms with Crippen molar-refractivity contribution in [2.75, 3.05) is 5.43 Å². The molecule has 0 fully saturated rings. The molecule has 4 rings (SSSR count). The van der Waals surface area contributed by atoms with E-state index in [2.05, 4.69) is 20.8 Å². The normalized spacial score (nSPS) is 15.2. The molecule has 0 aromatic heterocycles. The van der Waals surface area contributed by atoms with Gasteiger partial charge in [0, 0.05) is 25.0 Å². The van der Waals surface area contributed by atoms with Crippen LogP contribution in [0.3, 0.4) is 0 Å². The van der Waals surface area contributed by atoms with Crippen LogP contribution in [-0.2, 0) is 4.79 Å². The minimum Gasteiger partial charge on any atom is -0.508 e. The standard InChI is InChI=1S/C26H22N4O4/c31-21-11-13-23(25(33)15-21)29-27-19-7-3-17(4-8-19)1-2-18-5-9-20(10-6-18)28-30-24-14-12-22(32)16-26(24)34/h1-11,13,15-16,28,31,33-34H,12,14H2/b2-1-,29-27?,30-24?. The number of nitrogens with zero attached hydrogens (tertiary/aromatic N) is 3. The largest absolute Gasteiger partial charge is 0.508 e. The van der Waals surface area contributed by atoms with Gasteiger partial charge in [-0.05, 0) is 47.5 Å². The molecular formula is C26H22N4O4. The Labute approximate surface area is 195 Å². The van der Waals surface area contributed by atoms with Gasteiger partial charge >= 0.3 is 0 Å². The number of phenolic OH excluding ortho intramolecular Hbond substituents is 2. The molecule has 0 spiro atoms. The number of carbonyl (C=O) groups is 1. The number of rotatable bonds is 6. The number of hydrogen-bond donors (Lipinski definition) is 4. The van der Waals surface area contributed by atoms with Gasteiger partial charge in [0.25, 0.3) is 0 Å². The summed E-state index contributed by atoms with van der Waals surface area (Å²) in [5.74, 6) is -0.365. The van der Waals surface area contributed by atoms with Crippen LogP contribution in [0.25, 0.3) is 12.2 Å². The second-order valence-electron chi connectivity index (χ2n) is 7.59. The molecule has 1 aliphatic rings. The Morgan fingerprint density at radius 2 is 1.47 bits per heavy atom. The average molecular weight is 454 g/mol. The number of ketones is 1. The highest BCUT2D eigenvalue weighted by Gasteiger charge is 2.15. The van der Waals surface area contributed by atoms with Crippen LogP contribution < -0.4 is 5.43 Å². The highest BCUT2D eigenvalue weighted by atomic mass is 16.3. The molecule has 0 bridgehead atoms. The number of carbonyl (C=O) groups excluding carboxylic acids is 1. The van der Waals surface area contributed by atoms with Gasteiger partial charge in [0.05, 0.1) is 11.4 Å². The lowest BCUT2D eigenvalue weighted by Crippen LogP contribution is -2.14. The van der Waals surface area contributed by atoms with Crippen LogP contribution in [0, 0.1) is 0 Å². The number of azo groups is 1. The van der Waals surface area contributed by atoms with Crippen LogP contribution in [-0.4, -0.2) is 26.8 Å². The first kappa shape index (κ1) is 22.5. The first-order valence-electron chi connectivity index (χ1n) is 10.5. The molecule has 4 N–H and O–H groups in total. The zero-order valence-corrected chi connectivity index (χ0v) is 18.1. The number of aromatic hydroxyl groups is 2. The summed E-state index contributed by atoms with van der Waals surface area (Å²) in [6.45, 7) is 0. The third kappa shape index (κ3) is 5.95. The predicted octanol–water partition coefficient (Wildman–Crippen LogP) is 6.26. The van der Waals surface area contributed by atoms with Gasteiger partial charge in [0.2, 0.25) is 0 Å². The molecular weight excluding hydrogens is 432 g/mol. The van der Waals surface area contributed by atoms with E-state index in [0.717, 1.165) is 16.8 Å². The van der Waals surface area contributed by atoms with Crippen LogP contribution >= 0.6 is 0 Å². The predicted molar refractivity (Wildman–Crippen MR) is 132 cm³/mol. The number of anilines is 1. The molecule has 1 aliphatic carbocycles. The number of aliphatic hydroxyl groups excluding tert-OH is 1. The monoisotopic (exact) mass is 454 g/mol. The molecule has 0 saturated heterocycles. The summed E-state index contributed by atoms with van der Waals surface area (Å²) in [6, 6.07) is 19.2. The first-order valence-corrected chi connectivity index (χ1v) is 10.5. The number of nitrogens with one attached hydrogen (secondary N) is 1. The molecule has 0 atom stereocenters. The van der Waals surface area contributed by atoms with Crippen molar-refractivity contribution >= 4 is 40.7 Å². The molecule has 34 heavy (non-hydrogen) atoms. The summed E-state index contributed by atoms with van der Waals surface area (Å²) in [7, 11) is 0. The van der Waals surface area contributed by atoms with Crippen LogP contribution in [0.2, 0.25) is 0 Å². The maximum atomic E-state index is 11.3. The Kier molecular flexibility index (Phi) is 6.78. The third-order valence-corrected chi connectivity index (χ3v) is 5.03. The highest BCUT2D eigenvalue weighted by molar-refractivity contribution is 6.09. The Bertz CT molecular complexity index is 1310. The van der Waals surface area contributed by atoms with Crippen molar-refractivity contribution in [1.82, 2.24) is 0 Å². The Hall–Kier alpha value is -4.72. The van der Waals surface area contributed by atoms with E-state index in [1.54, 1.807) is 0 Å². The molecule has 0 heterocycles. The van der Waals surface area contributed by atoms with Crippen LogP contribution in [0.5, 0.6) is 11.5 Å². The van der Waals surface area contributed by atoms with Crippen LogP contribution in [0.15, 0.2) is 93.9 Å². The van der Waals surface area contributed by atoms with E-state index in [9.17, 15) is 20.1 Å². The third-order valence-electron chi connectivity index (χ3n) is 5.03. The molecule has 0 radical (unpaired) electrons. The molecule has 0 amide bonds. The van der Waals surface area contributed by atoms with Crippen molar-refractivity contribution in [3.63, 3.8) is 0 Å². The van der Waals surface area contributed by atoms with E-state index in [1.165, 1.54) is 24.3 Å². The van der Waals surface area contributed by atoms with E-state index in [4.69, 9.17) is 0 Å². The number of benzene rings is 3. The zero-order chi connectivity index (χ0) is 23.9. The lowest BCUT2D eigenvalue weighted by atomic mass is 10.0. The first-order chi connectivity index (χ1) is 16.5. The van der Waals surface area contributed by atoms with Gasteiger partial charge in [0.15, 0.2) is 5.78 Å². The summed E-state index contributed by atoms with van der Waals surface area (Å²) < 4.78 is 0. The van der Waals surface area contributed by atoms with Crippen molar-refractivity contribution in [3.8, 4) is 11.5 Å². The van der Waals surface area contributed by atoms with Crippen molar-refractivity contribution in [2.45, 2.75) is 12.8 Å². The molecule has 0 unspecified atom stereocenters. The van der Waals surface area contributed by atoms with Crippen LogP contribution in [0.4, 0.5) is 17.1 Å². The number of allylic oxidation sites excluding steroid dienone is 2. The van der Waals surface area contributed by atoms with Gasteiger partial charge in [-0.2, -0.15) is 10.2 Å². The molecule has 0 aliphatic heterocycles. The average Bonchev–Trinajstić information content (AvgIpc) is 2.83. The van der Waals surface area contributed by atoms with E-state index in [0.29, 0.717) is 24.2 Å². The van der Waals surface area contributed by atoms with Gasteiger partial charge in [0.1, 0.15) is 28.7 Å². The molecule has 3 aromatic carbocycles. The summed E-state index contributed by atoms with van der Waals surface area (Å²) >= 11 is 0. The van der Waals surface area contributed by atoms with Gasteiger partial charge in [-0.3, -0.25) is 10.2 Å². The lowest BCUT2D eigenvalue weighted by molar-refractivity contribution is -0.114. The maximum absolute atomic E-state index is 11.3. The maximum Gasteiger partial charge on any atom is 0.159 e. The van der Waals surface area contributed by atoms with Crippen molar-refractivity contribution in [3.05, 3.63) is 89.7 Å². The fourth-order valence-electron chi connectivity index (χ4n) is 3.14. The number of hydrazone groups is 1. The Morgan fingerprint density at radius 1 is 0.794 bits per heavy atom. The van der Waals surface area contributed by atoms with E-state index < -0.39 is 0 Å². The van der Waals surface area contributed by atoms with Gasteiger partial charge in [-0.25, -0.2) is 0 Å². The number of aliphatic hydroxyl groups is 1. The summed E-state index contributed by atoms with van der Waals surface area (Å²) in [4.78, 5) is 11.3. The van der Waals surface area contributed by atoms with Gasteiger partial charge in [-0.1, -0.05) is 36.4 Å². The van der Waals surface area contributed by atoms with Crippen molar-refractivity contribution in [1.29, 1.82) is 0 Å². The second kappa shape index (κ2) is 10.3. The van der Waals surface area contributed by atoms with Gasteiger partial charge in [-0.15, -0.1) is 5.11 Å². The molecule has 170 valence electrons. The molecule has 8 nitrogen and oxygen atoms in total. The Morgan fingerprint density at radius 3 is 2.12 bits per heavy atom. The smallest absolute Gasteiger partial charge is 0.159 e. The highest BCUT2D eigenvalue weighted by Crippen LogP contribution is 2.31. The van der Waals surface area contributed by atoms with E-state index in [1.807, 2.05) is 60.7 Å². The summed E-state index contributed by atoms with van der Waals surface area (Å²) in [5.41, 5.74) is 7.01. The van der Waals surface area contributed by atoms with Crippen molar-refractivity contribution < 1.29 is 20.1 Å². The molecule has 0 saturated carbocycles.